The molecule has 0 aliphatic heterocycles. The van der Waals surface area contributed by atoms with Crippen LogP contribution in [0.3, 0.4) is 0 Å². The van der Waals surface area contributed by atoms with Gasteiger partial charge in [-0.1, -0.05) is 51.9 Å². The third-order valence-electron chi connectivity index (χ3n) is 3.70. The van der Waals surface area contributed by atoms with E-state index in [4.69, 9.17) is 0 Å². The number of hydrogen-bond acceptors (Lipinski definition) is 3. The van der Waals surface area contributed by atoms with Gasteiger partial charge >= 0.3 is 0 Å². The van der Waals surface area contributed by atoms with E-state index in [0.29, 0.717) is 25.7 Å². The predicted molar refractivity (Wildman–Crippen MR) is 83.5 cm³/mol. The molecule has 0 aliphatic rings. The zero-order valence-electron chi connectivity index (χ0n) is 13.1. The second-order valence-corrected chi connectivity index (χ2v) is 7.52. The van der Waals surface area contributed by atoms with Gasteiger partial charge < -0.3 is 5.11 Å². The fourth-order valence-electron chi connectivity index (χ4n) is 2.41. The van der Waals surface area contributed by atoms with Crippen LogP contribution in [0.25, 0.3) is 0 Å². The molecular weight excluding hydrogens is 276 g/mol. The Morgan fingerprint density at radius 2 is 1.35 bits per heavy atom. The van der Waals surface area contributed by atoms with Crippen LogP contribution in [-0.4, -0.2) is 29.4 Å². The van der Waals surface area contributed by atoms with Gasteiger partial charge in [0.1, 0.15) is 0 Å². The summed E-state index contributed by atoms with van der Waals surface area (Å²) in [6.07, 6.45) is 9.80. The summed E-state index contributed by atoms with van der Waals surface area (Å²) in [5.74, 6) is 0. The second kappa shape index (κ2) is 11.5. The van der Waals surface area contributed by atoms with Gasteiger partial charge in [0.25, 0.3) is 10.1 Å². The minimum Gasteiger partial charge on any atom is -0.393 e. The third kappa shape index (κ3) is 11.7. The first kappa shape index (κ1) is 19.9. The van der Waals surface area contributed by atoms with Crippen molar-refractivity contribution in [3.8, 4) is 0 Å². The first-order chi connectivity index (χ1) is 9.38. The van der Waals surface area contributed by atoms with Crippen LogP contribution < -0.4 is 0 Å². The van der Waals surface area contributed by atoms with Crippen LogP contribution in [0, 0.1) is 0 Å². The van der Waals surface area contributed by atoms with Gasteiger partial charge in [-0.05, 0) is 32.6 Å². The summed E-state index contributed by atoms with van der Waals surface area (Å²) in [5, 5.41) is 8.52. The second-order valence-electron chi connectivity index (χ2n) is 5.83. The number of hydrogen-bond donors (Lipinski definition) is 2. The lowest BCUT2D eigenvalue weighted by Gasteiger charge is -2.14. The van der Waals surface area contributed by atoms with E-state index in [1.165, 1.54) is 25.7 Å². The van der Waals surface area contributed by atoms with Gasteiger partial charge in [0.05, 0.1) is 11.4 Å². The maximum absolute atomic E-state index is 11.3. The van der Waals surface area contributed by atoms with Crippen molar-refractivity contribution in [1.29, 1.82) is 0 Å². The summed E-state index contributed by atoms with van der Waals surface area (Å²) >= 11 is 0. The highest BCUT2D eigenvalue weighted by molar-refractivity contribution is 7.86. The zero-order valence-corrected chi connectivity index (χ0v) is 13.9. The summed E-state index contributed by atoms with van der Waals surface area (Å²) in [7, 11) is -3.95. The van der Waals surface area contributed by atoms with Crippen molar-refractivity contribution < 1.29 is 18.1 Å². The van der Waals surface area contributed by atoms with Crippen molar-refractivity contribution in [2.45, 2.75) is 95.8 Å². The molecule has 0 rings (SSSR count). The molecule has 0 saturated carbocycles. The van der Waals surface area contributed by atoms with E-state index in [-0.39, 0.29) is 0 Å². The Morgan fingerprint density at radius 1 is 0.850 bits per heavy atom. The van der Waals surface area contributed by atoms with Crippen LogP contribution in [0.1, 0.15) is 84.5 Å². The molecule has 2 N–H and O–H groups in total. The average molecular weight is 308 g/mol. The lowest BCUT2D eigenvalue weighted by atomic mass is 10.0. The minimum atomic E-state index is -3.95. The molecule has 0 fully saturated rings. The van der Waals surface area contributed by atoms with E-state index in [2.05, 4.69) is 6.92 Å². The van der Waals surface area contributed by atoms with E-state index < -0.39 is 21.5 Å². The van der Waals surface area contributed by atoms with Gasteiger partial charge in [0.15, 0.2) is 0 Å². The van der Waals surface area contributed by atoms with Gasteiger partial charge in [-0.2, -0.15) is 8.42 Å². The summed E-state index contributed by atoms with van der Waals surface area (Å²) < 4.78 is 31.8. The summed E-state index contributed by atoms with van der Waals surface area (Å²) in [6.45, 7) is 3.88. The van der Waals surface area contributed by atoms with Gasteiger partial charge in [-0.15, -0.1) is 0 Å². The molecular formula is C15H32O4S. The SMILES string of the molecule is CCCCCCCCCC(CCCC(C)O)S(=O)(=O)O. The van der Waals surface area contributed by atoms with Gasteiger partial charge in [-0.3, -0.25) is 4.55 Å². The van der Waals surface area contributed by atoms with E-state index in [1.807, 2.05) is 0 Å². The summed E-state index contributed by atoms with van der Waals surface area (Å²) in [6, 6.07) is 0. The van der Waals surface area contributed by atoms with Crippen molar-refractivity contribution in [1.82, 2.24) is 0 Å². The van der Waals surface area contributed by atoms with Crippen molar-refractivity contribution in [2.24, 2.45) is 0 Å². The highest BCUT2D eigenvalue weighted by Crippen LogP contribution is 2.18. The molecule has 0 aliphatic carbocycles. The summed E-state index contributed by atoms with van der Waals surface area (Å²) in [4.78, 5) is 0. The summed E-state index contributed by atoms with van der Waals surface area (Å²) in [5.41, 5.74) is 0. The van der Waals surface area contributed by atoms with Crippen LogP contribution in [0.4, 0.5) is 0 Å². The molecule has 0 bridgehead atoms. The zero-order chi connectivity index (χ0) is 15.4. The largest absolute Gasteiger partial charge is 0.393 e. The lowest BCUT2D eigenvalue weighted by molar-refractivity contribution is 0.180. The van der Waals surface area contributed by atoms with Crippen LogP contribution in [0.5, 0.6) is 0 Å². The number of rotatable bonds is 13. The molecule has 0 spiro atoms. The van der Waals surface area contributed by atoms with Gasteiger partial charge in [0, 0.05) is 0 Å². The maximum Gasteiger partial charge on any atom is 0.267 e. The molecule has 0 radical (unpaired) electrons. The van der Waals surface area contributed by atoms with Crippen molar-refractivity contribution in [3.63, 3.8) is 0 Å². The molecule has 5 heteroatoms. The first-order valence-electron chi connectivity index (χ1n) is 8.02. The molecule has 2 atom stereocenters. The van der Waals surface area contributed by atoms with E-state index >= 15 is 0 Å². The standard InChI is InChI=1S/C15H32O4S/c1-3-4-5-6-7-8-9-12-15(20(17,18)19)13-10-11-14(2)16/h14-16H,3-13H2,1-2H3,(H,17,18,19). The van der Waals surface area contributed by atoms with Crippen molar-refractivity contribution >= 4 is 10.1 Å². The number of aliphatic hydroxyl groups excluding tert-OH is 1. The predicted octanol–water partition coefficient (Wildman–Crippen LogP) is 3.93. The molecule has 122 valence electrons. The van der Waals surface area contributed by atoms with E-state index in [0.717, 1.165) is 19.3 Å². The monoisotopic (exact) mass is 308 g/mol. The molecule has 20 heavy (non-hydrogen) atoms. The third-order valence-corrected chi connectivity index (χ3v) is 5.01. The van der Waals surface area contributed by atoms with E-state index in [1.54, 1.807) is 6.92 Å². The van der Waals surface area contributed by atoms with Crippen LogP contribution in [0.2, 0.25) is 0 Å². The van der Waals surface area contributed by atoms with Crippen molar-refractivity contribution in [2.75, 3.05) is 0 Å². The highest BCUT2D eigenvalue weighted by Gasteiger charge is 2.22. The average Bonchev–Trinajstić information content (AvgIpc) is 2.33. The topological polar surface area (TPSA) is 74.6 Å². The first-order valence-corrected chi connectivity index (χ1v) is 9.52. The lowest BCUT2D eigenvalue weighted by Crippen LogP contribution is -2.21. The van der Waals surface area contributed by atoms with Crippen LogP contribution >= 0.6 is 0 Å². The Labute approximate surface area is 124 Å². The maximum atomic E-state index is 11.3. The van der Waals surface area contributed by atoms with Gasteiger partial charge in [-0.25, -0.2) is 0 Å². The fourth-order valence-corrected chi connectivity index (χ4v) is 3.34. The highest BCUT2D eigenvalue weighted by atomic mass is 32.2. The molecule has 0 saturated heterocycles. The molecule has 0 aromatic rings. The normalized spacial score (nSPS) is 15.2. The molecule has 4 nitrogen and oxygen atoms in total. The minimum absolute atomic E-state index is 0.407. The Bertz CT molecular complexity index is 312. The quantitative estimate of drug-likeness (QED) is 0.399. The molecule has 0 heterocycles. The Balaban J connectivity index is 3.83. The molecule has 2 unspecified atom stereocenters. The number of unbranched alkanes of at least 4 members (excludes halogenated alkanes) is 6. The fraction of sp³-hybridized carbons (Fsp3) is 1.00. The Hall–Kier alpha value is -0.130. The molecule has 0 aromatic carbocycles. The molecule has 0 amide bonds. The number of aliphatic hydroxyl groups is 1. The smallest absolute Gasteiger partial charge is 0.267 e. The van der Waals surface area contributed by atoms with E-state index in [9.17, 15) is 18.1 Å². The Morgan fingerprint density at radius 3 is 1.85 bits per heavy atom. The Kier molecular flexibility index (Phi) is 11.4. The molecule has 0 aromatic heterocycles. The van der Waals surface area contributed by atoms with Gasteiger partial charge in [0.2, 0.25) is 0 Å². The van der Waals surface area contributed by atoms with Crippen LogP contribution in [-0.2, 0) is 10.1 Å². The van der Waals surface area contributed by atoms with Crippen LogP contribution in [0.15, 0.2) is 0 Å². The van der Waals surface area contributed by atoms with Crippen molar-refractivity contribution in [3.05, 3.63) is 0 Å².